The zero-order chi connectivity index (χ0) is 10.6. The van der Waals surface area contributed by atoms with Gasteiger partial charge in [-0.25, -0.2) is 4.79 Å². The summed E-state index contributed by atoms with van der Waals surface area (Å²) in [5, 5.41) is 17.6. The number of likely N-dealkylation sites (tertiary alicyclic amines) is 1. The Morgan fingerprint density at radius 1 is 1.57 bits per heavy atom. The third-order valence-electron chi connectivity index (χ3n) is 3.00. The maximum absolute atomic E-state index is 10.8. The first-order chi connectivity index (χ1) is 6.65. The molecule has 0 radical (unpaired) electrons. The SMILES string of the molecule is C[C@@H]1CC(CCCO)CCN1C(=O)O. The predicted molar refractivity (Wildman–Crippen MR) is 53.2 cm³/mol. The van der Waals surface area contributed by atoms with Gasteiger partial charge in [0.15, 0.2) is 0 Å². The highest BCUT2D eigenvalue weighted by molar-refractivity contribution is 5.65. The Morgan fingerprint density at radius 3 is 2.79 bits per heavy atom. The molecule has 1 amide bonds. The number of aliphatic hydroxyl groups is 1. The van der Waals surface area contributed by atoms with Gasteiger partial charge in [0.1, 0.15) is 0 Å². The van der Waals surface area contributed by atoms with Gasteiger partial charge in [-0.15, -0.1) is 0 Å². The Labute approximate surface area is 84.5 Å². The van der Waals surface area contributed by atoms with Crippen LogP contribution in [0.1, 0.15) is 32.6 Å². The van der Waals surface area contributed by atoms with Crippen molar-refractivity contribution in [2.24, 2.45) is 5.92 Å². The molecule has 0 aromatic carbocycles. The minimum absolute atomic E-state index is 0.130. The quantitative estimate of drug-likeness (QED) is 0.728. The monoisotopic (exact) mass is 201 g/mol. The van der Waals surface area contributed by atoms with E-state index in [1.54, 1.807) is 0 Å². The normalized spacial score (nSPS) is 27.7. The minimum atomic E-state index is -0.807. The molecule has 14 heavy (non-hydrogen) atoms. The molecule has 4 heteroatoms. The number of aliphatic hydroxyl groups excluding tert-OH is 1. The summed E-state index contributed by atoms with van der Waals surface area (Å²) >= 11 is 0. The van der Waals surface area contributed by atoms with Crippen molar-refractivity contribution < 1.29 is 15.0 Å². The van der Waals surface area contributed by atoms with Crippen molar-refractivity contribution in [2.45, 2.75) is 38.6 Å². The Bertz CT molecular complexity index is 196. The van der Waals surface area contributed by atoms with Gasteiger partial charge in [0.05, 0.1) is 0 Å². The number of hydrogen-bond donors (Lipinski definition) is 2. The first-order valence-corrected chi connectivity index (χ1v) is 5.25. The fourth-order valence-corrected chi connectivity index (χ4v) is 2.20. The molecule has 0 aromatic rings. The highest BCUT2D eigenvalue weighted by Crippen LogP contribution is 2.26. The largest absolute Gasteiger partial charge is 0.465 e. The molecule has 1 unspecified atom stereocenters. The molecule has 0 saturated carbocycles. The van der Waals surface area contributed by atoms with E-state index in [4.69, 9.17) is 10.2 Å². The average molecular weight is 201 g/mol. The van der Waals surface area contributed by atoms with Crippen LogP contribution in [-0.4, -0.2) is 40.4 Å². The molecule has 1 aliphatic rings. The highest BCUT2D eigenvalue weighted by Gasteiger charge is 2.27. The van der Waals surface area contributed by atoms with E-state index in [0.717, 1.165) is 25.7 Å². The number of piperidine rings is 1. The van der Waals surface area contributed by atoms with Gasteiger partial charge in [-0.2, -0.15) is 0 Å². The van der Waals surface area contributed by atoms with Crippen LogP contribution in [0.25, 0.3) is 0 Å². The van der Waals surface area contributed by atoms with Gasteiger partial charge in [0.2, 0.25) is 0 Å². The Balaban J connectivity index is 2.35. The van der Waals surface area contributed by atoms with Crippen LogP contribution in [0.5, 0.6) is 0 Å². The molecule has 0 bridgehead atoms. The van der Waals surface area contributed by atoms with E-state index in [1.807, 2.05) is 6.92 Å². The molecule has 2 atom stereocenters. The van der Waals surface area contributed by atoms with Crippen LogP contribution >= 0.6 is 0 Å². The summed E-state index contributed by atoms with van der Waals surface area (Å²) in [7, 11) is 0. The summed E-state index contributed by atoms with van der Waals surface area (Å²) in [5.41, 5.74) is 0. The number of nitrogens with zero attached hydrogens (tertiary/aromatic N) is 1. The van der Waals surface area contributed by atoms with E-state index in [-0.39, 0.29) is 12.6 Å². The van der Waals surface area contributed by atoms with Gasteiger partial charge in [0, 0.05) is 19.2 Å². The lowest BCUT2D eigenvalue weighted by atomic mass is 9.88. The van der Waals surface area contributed by atoms with Crippen LogP contribution in [0.15, 0.2) is 0 Å². The fraction of sp³-hybridized carbons (Fsp3) is 0.900. The highest BCUT2D eigenvalue weighted by atomic mass is 16.4. The molecule has 0 spiro atoms. The van der Waals surface area contributed by atoms with Gasteiger partial charge >= 0.3 is 6.09 Å². The van der Waals surface area contributed by atoms with E-state index in [0.29, 0.717) is 12.5 Å². The zero-order valence-electron chi connectivity index (χ0n) is 8.65. The smallest absolute Gasteiger partial charge is 0.407 e. The standard InChI is InChI=1S/C10H19NO3/c1-8-7-9(3-2-6-12)4-5-11(8)10(13)14/h8-9,12H,2-7H2,1H3,(H,13,14)/t8-,9?/m1/s1. The van der Waals surface area contributed by atoms with Crippen molar-refractivity contribution in [3.8, 4) is 0 Å². The molecule has 1 saturated heterocycles. The van der Waals surface area contributed by atoms with Crippen molar-refractivity contribution in [1.82, 2.24) is 4.90 Å². The maximum atomic E-state index is 10.8. The van der Waals surface area contributed by atoms with Crippen LogP contribution in [0, 0.1) is 5.92 Å². The van der Waals surface area contributed by atoms with Crippen molar-refractivity contribution in [1.29, 1.82) is 0 Å². The molecule has 1 heterocycles. The summed E-state index contributed by atoms with van der Waals surface area (Å²) in [6.07, 6.45) is 2.93. The van der Waals surface area contributed by atoms with Crippen molar-refractivity contribution in [2.75, 3.05) is 13.2 Å². The van der Waals surface area contributed by atoms with Crippen molar-refractivity contribution in [3.63, 3.8) is 0 Å². The van der Waals surface area contributed by atoms with Crippen LogP contribution in [-0.2, 0) is 0 Å². The van der Waals surface area contributed by atoms with Gasteiger partial charge in [-0.3, -0.25) is 0 Å². The molecule has 4 nitrogen and oxygen atoms in total. The minimum Gasteiger partial charge on any atom is -0.465 e. The summed E-state index contributed by atoms with van der Waals surface area (Å²) in [5.74, 6) is 0.591. The first kappa shape index (κ1) is 11.3. The van der Waals surface area contributed by atoms with Crippen molar-refractivity contribution >= 4 is 6.09 Å². The molecule has 2 N–H and O–H groups in total. The number of hydrogen-bond acceptors (Lipinski definition) is 2. The number of rotatable bonds is 3. The van der Waals surface area contributed by atoms with Gasteiger partial charge in [0.25, 0.3) is 0 Å². The second-order valence-corrected chi connectivity index (χ2v) is 4.08. The van der Waals surface area contributed by atoms with Crippen LogP contribution in [0.3, 0.4) is 0 Å². The fourth-order valence-electron chi connectivity index (χ4n) is 2.20. The molecule has 1 aliphatic heterocycles. The lowest BCUT2D eigenvalue weighted by Crippen LogP contribution is -2.43. The maximum Gasteiger partial charge on any atom is 0.407 e. The molecule has 1 rings (SSSR count). The molecule has 0 aliphatic carbocycles. The van der Waals surface area contributed by atoms with Gasteiger partial charge in [-0.1, -0.05) is 0 Å². The Hall–Kier alpha value is -0.770. The van der Waals surface area contributed by atoms with E-state index in [2.05, 4.69) is 0 Å². The van der Waals surface area contributed by atoms with E-state index in [9.17, 15) is 4.79 Å². The lowest BCUT2D eigenvalue weighted by molar-refractivity contribution is 0.0924. The summed E-state index contributed by atoms with van der Waals surface area (Å²) in [6, 6.07) is 0.130. The molecular formula is C10H19NO3. The zero-order valence-corrected chi connectivity index (χ0v) is 8.65. The predicted octanol–water partition coefficient (Wildman–Crippen LogP) is 1.54. The second kappa shape index (κ2) is 5.20. The molecule has 82 valence electrons. The van der Waals surface area contributed by atoms with Crippen LogP contribution in [0.4, 0.5) is 4.79 Å². The molecule has 0 aromatic heterocycles. The van der Waals surface area contributed by atoms with E-state index in [1.165, 1.54) is 4.90 Å². The van der Waals surface area contributed by atoms with Gasteiger partial charge in [-0.05, 0) is 38.5 Å². The summed E-state index contributed by atoms with van der Waals surface area (Å²) in [6.45, 7) is 2.85. The van der Waals surface area contributed by atoms with E-state index < -0.39 is 6.09 Å². The van der Waals surface area contributed by atoms with Crippen molar-refractivity contribution in [3.05, 3.63) is 0 Å². The Morgan fingerprint density at radius 2 is 2.29 bits per heavy atom. The number of carboxylic acid groups (broad SMARTS) is 1. The third-order valence-corrected chi connectivity index (χ3v) is 3.00. The van der Waals surface area contributed by atoms with E-state index >= 15 is 0 Å². The summed E-state index contributed by atoms with van der Waals surface area (Å²) < 4.78 is 0. The number of carbonyl (C=O) groups is 1. The lowest BCUT2D eigenvalue weighted by Gasteiger charge is -2.35. The Kier molecular flexibility index (Phi) is 4.20. The first-order valence-electron chi connectivity index (χ1n) is 5.25. The van der Waals surface area contributed by atoms with Crippen LogP contribution < -0.4 is 0 Å². The number of amides is 1. The summed E-state index contributed by atoms with van der Waals surface area (Å²) in [4.78, 5) is 12.3. The second-order valence-electron chi connectivity index (χ2n) is 4.08. The molecule has 1 fully saturated rings. The van der Waals surface area contributed by atoms with Gasteiger partial charge < -0.3 is 15.1 Å². The van der Waals surface area contributed by atoms with Crippen LogP contribution in [0.2, 0.25) is 0 Å². The molecular weight excluding hydrogens is 182 g/mol. The third kappa shape index (κ3) is 2.87. The average Bonchev–Trinajstić information content (AvgIpc) is 2.14. The topological polar surface area (TPSA) is 60.8 Å².